The molecule has 0 radical (unpaired) electrons. The van der Waals surface area contributed by atoms with Crippen LogP contribution >= 0.6 is 0 Å². The fraction of sp³-hybridized carbons (Fsp3) is 0.840. The van der Waals surface area contributed by atoms with Crippen LogP contribution in [0.15, 0.2) is 6.07 Å². The topological polar surface area (TPSA) is 103 Å². The highest BCUT2D eigenvalue weighted by molar-refractivity contribution is 5.51. The second-order valence-electron chi connectivity index (χ2n) is 10.3. The van der Waals surface area contributed by atoms with E-state index in [4.69, 9.17) is 10.7 Å². The SMILES string of the molecule is Nc1cc(NCC2CCC(CNCCCNC3CCCCC3)CC2)nc(N2CCNCC2)n1. The van der Waals surface area contributed by atoms with E-state index in [0.717, 1.165) is 68.9 Å². The van der Waals surface area contributed by atoms with Crippen molar-refractivity contribution in [3.05, 3.63) is 6.07 Å². The van der Waals surface area contributed by atoms with Crippen molar-refractivity contribution in [3.63, 3.8) is 0 Å². The van der Waals surface area contributed by atoms with E-state index < -0.39 is 0 Å². The summed E-state index contributed by atoms with van der Waals surface area (Å²) in [5.74, 6) is 3.72. The summed E-state index contributed by atoms with van der Waals surface area (Å²) in [5, 5.41) is 14.4. The summed E-state index contributed by atoms with van der Waals surface area (Å²) in [7, 11) is 0. The van der Waals surface area contributed by atoms with Crippen LogP contribution in [0.3, 0.4) is 0 Å². The van der Waals surface area contributed by atoms with Gasteiger partial charge in [-0.25, -0.2) is 0 Å². The molecule has 1 aromatic rings. The van der Waals surface area contributed by atoms with Crippen LogP contribution < -0.4 is 31.9 Å². The van der Waals surface area contributed by atoms with E-state index in [0.29, 0.717) is 5.82 Å². The van der Waals surface area contributed by atoms with Crippen LogP contribution in [0, 0.1) is 11.8 Å². The minimum atomic E-state index is 0.546. The molecule has 0 spiro atoms. The Bertz CT molecular complexity index is 679. The van der Waals surface area contributed by atoms with Crippen molar-refractivity contribution in [2.45, 2.75) is 70.3 Å². The molecule has 3 fully saturated rings. The maximum absolute atomic E-state index is 6.06. The summed E-state index contributed by atoms with van der Waals surface area (Å²) in [6.45, 7) is 8.26. The van der Waals surface area contributed by atoms with Crippen LogP contribution in [0.5, 0.6) is 0 Å². The lowest BCUT2D eigenvalue weighted by molar-refractivity contribution is 0.275. The normalized spacial score (nSPS) is 24.7. The van der Waals surface area contributed by atoms with Gasteiger partial charge in [-0.1, -0.05) is 19.3 Å². The first-order chi connectivity index (χ1) is 16.3. The zero-order valence-electron chi connectivity index (χ0n) is 20.5. The van der Waals surface area contributed by atoms with E-state index in [2.05, 4.69) is 31.2 Å². The molecule has 186 valence electrons. The molecule has 3 aliphatic rings. The number of anilines is 3. The van der Waals surface area contributed by atoms with Gasteiger partial charge in [0.15, 0.2) is 0 Å². The quantitative estimate of drug-likeness (QED) is 0.323. The van der Waals surface area contributed by atoms with Crippen LogP contribution in [0.2, 0.25) is 0 Å². The van der Waals surface area contributed by atoms with Crippen LogP contribution in [0.4, 0.5) is 17.6 Å². The van der Waals surface area contributed by atoms with Gasteiger partial charge in [0.25, 0.3) is 0 Å². The Morgan fingerprint density at radius 2 is 1.64 bits per heavy atom. The Balaban J connectivity index is 1.07. The van der Waals surface area contributed by atoms with Crippen molar-refractivity contribution in [2.24, 2.45) is 11.8 Å². The molecule has 33 heavy (non-hydrogen) atoms. The smallest absolute Gasteiger partial charge is 0.229 e. The van der Waals surface area contributed by atoms with Gasteiger partial charge >= 0.3 is 0 Å². The van der Waals surface area contributed by atoms with Gasteiger partial charge in [-0.3, -0.25) is 0 Å². The zero-order chi connectivity index (χ0) is 22.7. The molecule has 0 bridgehead atoms. The lowest BCUT2D eigenvalue weighted by atomic mass is 9.82. The van der Waals surface area contributed by atoms with Crippen molar-refractivity contribution >= 4 is 17.6 Å². The largest absolute Gasteiger partial charge is 0.383 e. The predicted molar refractivity (Wildman–Crippen MR) is 138 cm³/mol. The van der Waals surface area contributed by atoms with Gasteiger partial charge in [0.1, 0.15) is 11.6 Å². The Morgan fingerprint density at radius 3 is 2.39 bits per heavy atom. The van der Waals surface area contributed by atoms with Crippen molar-refractivity contribution in [1.29, 1.82) is 0 Å². The molecule has 2 heterocycles. The van der Waals surface area contributed by atoms with E-state index >= 15 is 0 Å². The van der Waals surface area contributed by atoms with Crippen molar-refractivity contribution in [1.82, 2.24) is 25.9 Å². The molecule has 8 nitrogen and oxygen atoms in total. The molecule has 0 atom stereocenters. The Hall–Kier alpha value is -1.64. The summed E-state index contributed by atoms with van der Waals surface area (Å²) >= 11 is 0. The van der Waals surface area contributed by atoms with Crippen LogP contribution in [0.25, 0.3) is 0 Å². The number of nitrogen functional groups attached to an aromatic ring is 1. The number of nitrogens with two attached hydrogens (primary N) is 1. The number of nitrogens with one attached hydrogen (secondary N) is 4. The average Bonchev–Trinajstić information content (AvgIpc) is 2.86. The van der Waals surface area contributed by atoms with Gasteiger partial charge in [-0.05, 0) is 76.4 Å². The summed E-state index contributed by atoms with van der Waals surface area (Å²) in [6.07, 6.45) is 13.5. The summed E-state index contributed by atoms with van der Waals surface area (Å²) in [6, 6.07) is 2.65. The molecular weight excluding hydrogens is 412 g/mol. The summed E-state index contributed by atoms with van der Waals surface area (Å²) in [5.41, 5.74) is 6.06. The van der Waals surface area contributed by atoms with Gasteiger partial charge in [0.2, 0.25) is 5.95 Å². The Labute approximate surface area is 200 Å². The number of nitrogens with zero attached hydrogens (tertiary/aromatic N) is 3. The van der Waals surface area contributed by atoms with Gasteiger partial charge in [0, 0.05) is 44.8 Å². The fourth-order valence-electron chi connectivity index (χ4n) is 5.57. The molecule has 2 aliphatic carbocycles. The van der Waals surface area contributed by atoms with E-state index in [-0.39, 0.29) is 0 Å². The highest BCUT2D eigenvalue weighted by atomic mass is 15.3. The van der Waals surface area contributed by atoms with Gasteiger partial charge in [0.05, 0.1) is 0 Å². The first-order valence-corrected chi connectivity index (χ1v) is 13.5. The number of rotatable bonds is 11. The fourth-order valence-corrected chi connectivity index (χ4v) is 5.57. The Kier molecular flexibility index (Phi) is 9.87. The molecule has 1 aromatic heterocycles. The standard InChI is InChI=1S/C25H46N8/c26-23-17-24(32-25(31-23)33-15-13-27-14-16-33)30-19-21-9-7-20(8-10-21)18-28-11-4-12-29-22-5-2-1-3-6-22/h17,20-22,27-29H,1-16,18-19H2,(H3,26,30,31,32). The molecule has 4 rings (SSSR count). The molecule has 6 N–H and O–H groups in total. The van der Waals surface area contributed by atoms with Gasteiger partial charge < -0.3 is 31.9 Å². The zero-order valence-corrected chi connectivity index (χ0v) is 20.5. The van der Waals surface area contributed by atoms with Crippen LogP contribution in [-0.2, 0) is 0 Å². The van der Waals surface area contributed by atoms with Crippen LogP contribution in [-0.4, -0.2) is 68.4 Å². The van der Waals surface area contributed by atoms with E-state index in [9.17, 15) is 0 Å². The molecule has 2 saturated carbocycles. The minimum absolute atomic E-state index is 0.546. The Morgan fingerprint density at radius 1 is 0.909 bits per heavy atom. The van der Waals surface area contributed by atoms with Crippen molar-refractivity contribution < 1.29 is 0 Å². The molecule has 0 unspecified atom stereocenters. The highest BCUT2D eigenvalue weighted by Gasteiger charge is 2.21. The molecule has 0 amide bonds. The molecule has 1 saturated heterocycles. The van der Waals surface area contributed by atoms with Gasteiger partial charge in [-0.2, -0.15) is 9.97 Å². The number of aromatic nitrogens is 2. The minimum Gasteiger partial charge on any atom is -0.383 e. The first-order valence-electron chi connectivity index (χ1n) is 13.5. The third-order valence-electron chi connectivity index (χ3n) is 7.67. The molecular formula is C25H46N8. The van der Waals surface area contributed by atoms with Crippen LogP contribution in [0.1, 0.15) is 64.2 Å². The van der Waals surface area contributed by atoms with E-state index in [1.54, 1.807) is 0 Å². The van der Waals surface area contributed by atoms with Crippen molar-refractivity contribution in [2.75, 3.05) is 68.3 Å². The number of hydrogen-bond donors (Lipinski definition) is 5. The van der Waals surface area contributed by atoms with E-state index in [1.807, 2.05) is 6.07 Å². The third kappa shape index (κ3) is 8.26. The maximum atomic E-state index is 6.06. The highest BCUT2D eigenvalue weighted by Crippen LogP contribution is 2.29. The number of piperazine rings is 1. The second-order valence-corrected chi connectivity index (χ2v) is 10.3. The average molecular weight is 459 g/mol. The van der Waals surface area contributed by atoms with Crippen molar-refractivity contribution in [3.8, 4) is 0 Å². The third-order valence-corrected chi connectivity index (χ3v) is 7.67. The van der Waals surface area contributed by atoms with E-state index in [1.165, 1.54) is 77.3 Å². The molecule has 0 aromatic carbocycles. The maximum Gasteiger partial charge on any atom is 0.229 e. The number of hydrogen-bond acceptors (Lipinski definition) is 8. The lowest BCUT2D eigenvalue weighted by Gasteiger charge is -2.29. The first kappa shape index (κ1) is 24.5. The van der Waals surface area contributed by atoms with Gasteiger partial charge in [-0.15, -0.1) is 0 Å². The summed E-state index contributed by atoms with van der Waals surface area (Å²) < 4.78 is 0. The molecule has 8 heteroatoms. The lowest BCUT2D eigenvalue weighted by Crippen LogP contribution is -2.44. The second kappa shape index (κ2) is 13.3. The summed E-state index contributed by atoms with van der Waals surface area (Å²) in [4.78, 5) is 11.4. The monoisotopic (exact) mass is 458 g/mol. The predicted octanol–water partition coefficient (Wildman–Crippen LogP) is 2.59. The molecule has 1 aliphatic heterocycles.